The van der Waals surface area contributed by atoms with Gasteiger partial charge in [0.15, 0.2) is 0 Å². The Morgan fingerprint density at radius 1 is 1.31 bits per heavy atom. The summed E-state index contributed by atoms with van der Waals surface area (Å²) in [5.41, 5.74) is 1.16. The maximum Gasteiger partial charge on any atom is 0.140 e. The largest absolute Gasteiger partial charge is 0.361 e. The van der Waals surface area contributed by atoms with Crippen LogP contribution >= 0.6 is 0 Å². The van der Waals surface area contributed by atoms with Gasteiger partial charge in [0.1, 0.15) is 5.76 Å². The van der Waals surface area contributed by atoms with E-state index in [9.17, 15) is 0 Å². The van der Waals surface area contributed by atoms with Gasteiger partial charge in [-0.15, -0.1) is 0 Å². The van der Waals surface area contributed by atoms with E-state index in [-0.39, 0.29) is 0 Å². The number of hydrogen-bond donors (Lipinski definition) is 1. The maximum atomic E-state index is 5.32. The van der Waals surface area contributed by atoms with E-state index >= 15 is 0 Å². The third kappa shape index (κ3) is 1.37. The van der Waals surface area contributed by atoms with Gasteiger partial charge >= 0.3 is 0 Å². The fraction of sp³-hybridized carbons (Fsp3) is 0.700. The highest BCUT2D eigenvalue weighted by molar-refractivity contribution is 5.18. The number of nitrogens with zero attached hydrogens (tertiary/aromatic N) is 1. The normalized spacial score (nSPS) is 28.2. The molecule has 2 heterocycles. The van der Waals surface area contributed by atoms with Crippen LogP contribution in [0.15, 0.2) is 10.6 Å². The van der Waals surface area contributed by atoms with E-state index in [2.05, 4.69) is 16.5 Å². The van der Waals surface area contributed by atoms with E-state index in [1.807, 2.05) is 0 Å². The summed E-state index contributed by atoms with van der Waals surface area (Å²) < 4.78 is 5.32. The molecule has 1 aromatic heterocycles. The van der Waals surface area contributed by atoms with Gasteiger partial charge in [0.2, 0.25) is 0 Å². The number of aromatic nitrogens is 1. The zero-order chi connectivity index (χ0) is 8.67. The molecule has 1 N–H and O–H groups in total. The highest BCUT2D eigenvalue weighted by Gasteiger charge is 2.29. The summed E-state index contributed by atoms with van der Waals surface area (Å²) in [7, 11) is 0. The topological polar surface area (TPSA) is 38.1 Å². The minimum absolute atomic E-state index is 0.594. The first kappa shape index (κ1) is 7.56. The SMILES string of the molecule is c1c(C2CCNC2)noc1C1CC1. The van der Waals surface area contributed by atoms with Crippen LogP contribution in [-0.4, -0.2) is 18.2 Å². The fourth-order valence-electron chi connectivity index (χ4n) is 1.96. The van der Waals surface area contributed by atoms with Crippen molar-refractivity contribution in [3.63, 3.8) is 0 Å². The van der Waals surface area contributed by atoms with Crippen LogP contribution in [-0.2, 0) is 0 Å². The Morgan fingerprint density at radius 3 is 2.92 bits per heavy atom. The Bertz CT molecular complexity index is 298. The predicted molar refractivity (Wildman–Crippen MR) is 48.7 cm³/mol. The molecule has 0 radical (unpaired) electrons. The molecule has 0 amide bonds. The van der Waals surface area contributed by atoms with Gasteiger partial charge in [0.25, 0.3) is 0 Å². The van der Waals surface area contributed by atoms with Crippen LogP contribution in [0.2, 0.25) is 0 Å². The second-order valence-corrected chi connectivity index (χ2v) is 4.12. The maximum absolute atomic E-state index is 5.32. The zero-order valence-electron chi connectivity index (χ0n) is 7.62. The Morgan fingerprint density at radius 2 is 2.23 bits per heavy atom. The summed E-state index contributed by atoms with van der Waals surface area (Å²) in [6.45, 7) is 2.19. The number of hydrogen-bond acceptors (Lipinski definition) is 3. The zero-order valence-corrected chi connectivity index (χ0v) is 7.62. The molecule has 1 aromatic rings. The van der Waals surface area contributed by atoms with Crippen LogP contribution in [0.25, 0.3) is 0 Å². The van der Waals surface area contributed by atoms with E-state index in [1.165, 1.54) is 19.3 Å². The molecular weight excluding hydrogens is 164 g/mol. The van der Waals surface area contributed by atoms with Crippen LogP contribution in [0.4, 0.5) is 0 Å². The average molecular weight is 178 g/mol. The second-order valence-electron chi connectivity index (χ2n) is 4.12. The molecule has 1 atom stereocenters. The molecule has 3 rings (SSSR count). The summed E-state index contributed by atoms with van der Waals surface area (Å²) in [5, 5.41) is 7.49. The van der Waals surface area contributed by atoms with Gasteiger partial charge in [-0.2, -0.15) is 0 Å². The lowest BCUT2D eigenvalue weighted by Gasteiger charge is -1.99. The van der Waals surface area contributed by atoms with Crippen molar-refractivity contribution >= 4 is 0 Å². The van der Waals surface area contributed by atoms with E-state index in [1.54, 1.807) is 0 Å². The van der Waals surface area contributed by atoms with E-state index in [0.29, 0.717) is 11.8 Å². The quantitative estimate of drug-likeness (QED) is 0.748. The summed E-state index contributed by atoms with van der Waals surface area (Å²) in [4.78, 5) is 0. The molecule has 3 nitrogen and oxygen atoms in total. The van der Waals surface area contributed by atoms with E-state index in [4.69, 9.17) is 4.52 Å². The molecule has 1 saturated carbocycles. The van der Waals surface area contributed by atoms with Crippen LogP contribution in [0.5, 0.6) is 0 Å². The lowest BCUT2D eigenvalue weighted by Crippen LogP contribution is -2.07. The van der Waals surface area contributed by atoms with Gasteiger partial charge in [-0.05, 0) is 25.8 Å². The van der Waals surface area contributed by atoms with E-state index in [0.717, 1.165) is 24.5 Å². The van der Waals surface area contributed by atoms with E-state index < -0.39 is 0 Å². The van der Waals surface area contributed by atoms with Crippen molar-refractivity contribution in [3.8, 4) is 0 Å². The third-order valence-electron chi connectivity index (χ3n) is 3.00. The molecule has 1 aliphatic heterocycles. The lowest BCUT2D eigenvalue weighted by atomic mass is 10.0. The molecule has 13 heavy (non-hydrogen) atoms. The van der Waals surface area contributed by atoms with Gasteiger partial charge in [0.05, 0.1) is 5.69 Å². The van der Waals surface area contributed by atoms with Crippen molar-refractivity contribution in [2.24, 2.45) is 0 Å². The fourth-order valence-corrected chi connectivity index (χ4v) is 1.96. The smallest absolute Gasteiger partial charge is 0.140 e. The van der Waals surface area contributed by atoms with Gasteiger partial charge in [0, 0.05) is 24.4 Å². The lowest BCUT2D eigenvalue weighted by molar-refractivity contribution is 0.374. The van der Waals surface area contributed by atoms with Crippen molar-refractivity contribution in [2.45, 2.75) is 31.1 Å². The summed E-state index contributed by atoms with van der Waals surface area (Å²) in [6.07, 6.45) is 3.78. The standard InChI is InChI=1S/C10H14N2O/c1-2-7(1)10-5-9(12-13-10)8-3-4-11-6-8/h5,7-8,11H,1-4,6H2. The van der Waals surface area contributed by atoms with Crippen molar-refractivity contribution in [3.05, 3.63) is 17.5 Å². The molecule has 3 heteroatoms. The highest BCUT2D eigenvalue weighted by atomic mass is 16.5. The summed E-state index contributed by atoms with van der Waals surface area (Å²) in [5.74, 6) is 2.40. The van der Waals surface area contributed by atoms with Crippen molar-refractivity contribution < 1.29 is 4.52 Å². The van der Waals surface area contributed by atoms with Crippen molar-refractivity contribution in [2.75, 3.05) is 13.1 Å². The van der Waals surface area contributed by atoms with Crippen LogP contribution in [0, 0.1) is 0 Å². The van der Waals surface area contributed by atoms with Gasteiger partial charge in [-0.1, -0.05) is 5.16 Å². The van der Waals surface area contributed by atoms with Crippen LogP contribution in [0.3, 0.4) is 0 Å². The first-order valence-corrected chi connectivity index (χ1v) is 5.11. The Balaban J connectivity index is 1.79. The molecular formula is C10H14N2O. The molecule has 0 bridgehead atoms. The first-order valence-electron chi connectivity index (χ1n) is 5.11. The molecule has 2 aliphatic rings. The highest BCUT2D eigenvalue weighted by Crippen LogP contribution is 2.41. The summed E-state index contributed by atoms with van der Waals surface area (Å²) >= 11 is 0. The Kier molecular flexibility index (Phi) is 1.65. The summed E-state index contributed by atoms with van der Waals surface area (Å²) in [6, 6.07) is 2.16. The van der Waals surface area contributed by atoms with Crippen molar-refractivity contribution in [1.29, 1.82) is 0 Å². The Labute approximate surface area is 77.5 Å². The van der Waals surface area contributed by atoms with Gasteiger partial charge < -0.3 is 9.84 Å². The molecule has 1 saturated heterocycles. The number of nitrogens with one attached hydrogen (secondary N) is 1. The second kappa shape index (κ2) is 2.84. The average Bonchev–Trinajstić information content (AvgIpc) is 2.72. The van der Waals surface area contributed by atoms with Crippen LogP contribution in [0.1, 0.15) is 42.6 Å². The molecule has 0 aromatic carbocycles. The van der Waals surface area contributed by atoms with Gasteiger partial charge in [-0.25, -0.2) is 0 Å². The molecule has 2 fully saturated rings. The molecule has 70 valence electrons. The van der Waals surface area contributed by atoms with Gasteiger partial charge in [-0.3, -0.25) is 0 Å². The number of rotatable bonds is 2. The molecule has 0 spiro atoms. The first-order chi connectivity index (χ1) is 6.43. The van der Waals surface area contributed by atoms with Crippen LogP contribution < -0.4 is 5.32 Å². The minimum Gasteiger partial charge on any atom is -0.361 e. The Hall–Kier alpha value is -0.830. The molecule has 1 aliphatic carbocycles. The third-order valence-corrected chi connectivity index (χ3v) is 3.00. The van der Waals surface area contributed by atoms with Crippen molar-refractivity contribution in [1.82, 2.24) is 10.5 Å². The minimum atomic E-state index is 0.594. The monoisotopic (exact) mass is 178 g/mol. The predicted octanol–water partition coefficient (Wildman–Crippen LogP) is 1.63. The molecule has 1 unspecified atom stereocenters.